The maximum atomic E-state index is 11.9. The van der Waals surface area contributed by atoms with Crippen molar-refractivity contribution in [2.45, 2.75) is 6.92 Å². The lowest BCUT2D eigenvalue weighted by Crippen LogP contribution is -2.29. The van der Waals surface area contributed by atoms with E-state index in [0.29, 0.717) is 21.4 Å². The summed E-state index contributed by atoms with van der Waals surface area (Å²) in [5.41, 5.74) is 2.08. The molecule has 0 fully saturated rings. The van der Waals surface area contributed by atoms with Crippen LogP contribution in [0.25, 0.3) is 5.70 Å². The minimum atomic E-state index is -0.512. The maximum Gasteiger partial charge on any atom is 0.337 e. The van der Waals surface area contributed by atoms with Crippen LogP contribution in [0.4, 0.5) is 5.69 Å². The minimum Gasteiger partial charge on any atom is -0.462 e. The zero-order chi connectivity index (χ0) is 18.4. The molecule has 0 saturated carbocycles. The maximum absolute atomic E-state index is 11.9. The number of esters is 1. The molecule has 0 unspecified atom stereocenters. The number of ether oxygens (including phenoxy) is 1. The zero-order valence-electron chi connectivity index (χ0n) is 13.7. The molecule has 2 aromatic rings. The Morgan fingerprint density at radius 2 is 1.84 bits per heavy atom. The predicted octanol–water partition coefficient (Wildman–Crippen LogP) is 4.83. The van der Waals surface area contributed by atoms with Crippen LogP contribution in [0.5, 0.6) is 0 Å². The molecule has 0 saturated heterocycles. The van der Waals surface area contributed by atoms with Crippen LogP contribution >= 0.6 is 23.2 Å². The van der Waals surface area contributed by atoms with Crippen molar-refractivity contribution >= 4 is 40.6 Å². The predicted molar refractivity (Wildman–Crippen MR) is 103 cm³/mol. The van der Waals surface area contributed by atoms with Gasteiger partial charge in [-0.15, -0.1) is 0 Å². The van der Waals surface area contributed by atoms with Gasteiger partial charge in [0.1, 0.15) is 0 Å². The van der Waals surface area contributed by atoms with E-state index in [1.807, 2.05) is 6.07 Å². The van der Waals surface area contributed by atoms with E-state index in [4.69, 9.17) is 33.8 Å². The highest BCUT2D eigenvalue weighted by atomic mass is 35.5. The number of halogens is 2. The first-order valence-corrected chi connectivity index (χ1v) is 8.32. The Morgan fingerprint density at radius 1 is 1.20 bits per heavy atom. The summed E-state index contributed by atoms with van der Waals surface area (Å²) in [7, 11) is 0. The van der Waals surface area contributed by atoms with E-state index in [2.05, 4.69) is 6.58 Å². The smallest absolute Gasteiger partial charge is 0.337 e. The molecule has 0 atom stereocenters. The van der Waals surface area contributed by atoms with E-state index >= 15 is 0 Å². The molecule has 0 spiro atoms. The highest BCUT2D eigenvalue weighted by Crippen LogP contribution is 2.28. The van der Waals surface area contributed by atoms with Crippen molar-refractivity contribution in [3.63, 3.8) is 0 Å². The summed E-state index contributed by atoms with van der Waals surface area (Å²) < 4.78 is 4.98. The second-order valence-corrected chi connectivity index (χ2v) is 6.01. The average Bonchev–Trinajstić information content (AvgIpc) is 2.59. The molecule has 0 radical (unpaired) electrons. The van der Waals surface area contributed by atoms with Crippen LogP contribution in [0.3, 0.4) is 0 Å². The summed E-state index contributed by atoms with van der Waals surface area (Å²) in [5.74, 6) is 5.77. The second kappa shape index (κ2) is 8.72. The van der Waals surface area contributed by atoms with Gasteiger partial charge in [-0.25, -0.2) is 10.6 Å². The number of hydrogen-bond acceptors (Lipinski definition) is 4. The van der Waals surface area contributed by atoms with Crippen LogP contribution in [-0.4, -0.2) is 12.6 Å². The van der Waals surface area contributed by atoms with Crippen LogP contribution in [-0.2, 0) is 9.53 Å². The van der Waals surface area contributed by atoms with Gasteiger partial charge in [-0.2, -0.15) is 0 Å². The Bertz CT molecular complexity index is 819. The topological polar surface area (TPSA) is 55.6 Å². The molecule has 25 heavy (non-hydrogen) atoms. The van der Waals surface area contributed by atoms with E-state index in [0.717, 1.165) is 5.56 Å². The minimum absolute atomic E-state index is 0.175. The van der Waals surface area contributed by atoms with Crippen molar-refractivity contribution in [2.75, 3.05) is 11.6 Å². The lowest BCUT2D eigenvalue weighted by atomic mass is 10.1. The lowest BCUT2D eigenvalue weighted by Gasteiger charge is -2.23. The van der Waals surface area contributed by atoms with Gasteiger partial charge in [0.05, 0.1) is 23.6 Å². The molecule has 0 bridgehead atoms. The number of nitrogens with zero attached hydrogens (tertiary/aromatic N) is 1. The monoisotopic (exact) mass is 376 g/mol. The Hall–Kier alpha value is -2.27. The molecular formula is C19H18Cl2N2O2. The Balaban J connectivity index is 2.48. The molecule has 2 aromatic carbocycles. The van der Waals surface area contributed by atoms with Gasteiger partial charge in [-0.1, -0.05) is 48.0 Å². The summed E-state index contributed by atoms with van der Waals surface area (Å²) in [6.45, 7) is 5.76. The fraction of sp³-hybridized carbons (Fsp3) is 0.105. The highest BCUT2D eigenvalue weighted by Gasteiger charge is 2.15. The molecule has 0 aliphatic heterocycles. The number of anilines is 1. The van der Waals surface area contributed by atoms with Gasteiger partial charge in [0.15, 0.2) is 0 Å². The summed E-state index contributed by atoms with van der Waals surface area (Å²) in [6, 6.07) is 14.2. The first-order chi connectivity index (χ1) is 11.9. The lowest BCUT2D eigenvalue weighted by molar-refractivity contribution is -0.138. The van der Waals surface area contributed by atoms with E-state index in [9.17, 15) is 4.79 Å². The second-order valence-electron chi connectivity index (χ2n) is 5.14. The Morgan fingerprint density at radius 3 is 2.44 bits per heavy atom. The van der Waals surface area contributed by atoms with Crippen molar-refractivity contribution < 1.29 is 9.53 Å². The number of benzene rings is 2. The van der Waals surface area contributed by atoms with E-state index in [1.54, 1.807) is 55.5 Å². The molecular weight excluding hydrogens is 359 g/mol. The molecule has 0 heterocycles. The fourth-order valence-corrected chi connectivity index (χ4v) is 2.53. The Kier molecular flexibility index (Phi) is 6.65. The fourth-order valence-electron chi connectivity index (χ4n) is 2.15. The van der Waals surface area contributed by atoms with Crippen molar-refractivity contribution in [3.8, 4) is 0 Å². The molecule has 2 N–H and O–H groups in total. The standard InChI is InChI=1S/C19H18Cl2N2O2/c1-3-25-19(24)13(2)10-18(14-6-4-7-15(20)11-14)23(22)17-9-5-8-16(21)12-17/h4-12H,2-3,22H2,1H3/b18-10-. The van der Waals surface area contributed by atoms with Gasteiger partial charge in [0, 0.05) is 15.6 Å². The molecule has 6 heteroatoms. The summed E-state index contributed by atoms with van der Waals surface area (Å²) in [5, 5.41) is 2.51. The van der Waals surface area contributed by atoms with Gasteiger partial charge in [0.25, 0.3) is 0 Å². The Labute approximate surface area is 157 Å². The van der Waals surface area contributed by atoms with Gasteiger partial charge in [-0.3, -0.25) is 5.01 Å². The van der Waals surface area contributed by atoms with Crippen LogP contribution in [0.15, 0.2) is 66.8 Å². The van der Waals surface area contributed by atoms with Crippen molar-refractivity contribution in [1.82, 2.24) is 0 Å². The molecule has 0 amide bonds. The molecule has 0 aromatic heterocycles. The number of carbonyl (C=O) groups is 1. The molecule has 0 aliphatic carbocycles. The van der Waals surface area contributed by atoms with Crippen LogP contribution in [0.2, 0.25) is 10.0 Å². The first-order valence-electron chi connectivity index (χ1n) is 7.56. The number of hydrogen-bond donors (Lipinski definition) is 1. The largest absolute Gasteiger partial charge is 0.462 e. The van der Waals surface area contributed by atoms with Crippen LogP contribution in [0, 0.1) is 0 Å². The quantitative estimate of drug-likeness (QED) is 0.258. The van der Waals surface area contributed by atoms with Crippen LogP contribution in [0.1, 0.15) is 12.5 Å². The number of rotatable bonds is 6. The van der Waals surface area contributed by atoms with Crippen LogP contribution < -0.4 is 10.9 Å². The number of nitrogens with two attached hydrogens (primary N) is 1. The third kappa shape index (κ3) is 5.10. The summed E-state index contributed by atoms with van der Waals surface area (Å²) in [4.78, 5) is 11.9. The number of carbonyl (C=O) groups excluding carboxylic acids is 1. The van der Waals surface area contributed by atoms with Gasteiger partial charge < -0.3 is 4.74 Å². The SMILES string of the molecule is C=C(/C=C(/c1cccc(Cl)c1)N(N)c1cccc(Cl)c1)C(=O)OCC. The summed E-state index contributed by atoms with van der Waals surface area (Å²) in [6.07, 6.45) is 1.56. The van der Waals surface area contributed by atoms with Crippen molar-refractivity contribution in [2.24, 2.45) is 5.84 Å². The normalized spacial score (nSPS) is 11.1. The molecule has 2 rings (SSSR count). The van der Waals surface area contributed by atoms with E-state index in [-0.39, 0.29) is 12.2 Å². The molecule has 4 nitrogen and oxygen atoms in total. The van der Waals surface area contributed by atoms with Gasteiger partial charge >= 0.3 is 5.97 Å². The van der Waals surface area contributed by atoms with Crippen molar-refractivity contribution in [3.05, 3.63) is 82.4 Å². The molecule has 0 aliphatic rings. The van der Waals surface area contributed by atoms with Crippen molar-refractivity contribution in [1.29, 1.82) is 0 Å². The first kappa shape index (κ1) is 19.1. The van der Waals surface area contributed by atoms with Gasteiger partial charge in [0.2, 0.25) is 0 Å². The third-order valence-corrected chi connectivity index (χ3v) is 3.79. The third-order valence-electron chi connectivity index (χ3n) is 3.31. The van der Waals surface area contributed by atoms with E-state index in [1.165, 1.54) is 5.01 Å². The van der Waals surface area contributed by atoms with Gasteiger partial charge in [-0.05, 0) is 43.3 Å². The highest BCUT2D eigenvalue weighted by molar-refractivity contribution is 6.31. The zero-order valence-corrected chi connectivity index (χ0v) is 15.2. The number of hydrazine groups is 1. The molecule has 130 valence electrons. The summed E-state index contributed by atoms with van der Waals surface area (Å²) >= 11 is 12.1. The van der Waals surface area contributed by atoms with E-state index < -0.39 is 5.97 Å². The average molecular weight is 377 g/mol.